The minimum absolute atomic E-state index is 0.149. The fraction of sp³-hybridized carbons (Fsp3) is 0.500. The van der Waals surface area contributed by atoms with Gasteiger partial charge < -0.3 is 10.1 Å². The second kappa shape index (κ2) is 15.3. The average molecular weight is 252 g/mol. The van der Waals surface area contributed by atoms with E-state index in [-0.39, 0.29) is 5.91 Å². The molecule has 0 bridgehead atoms. The smallest absolute Gasteiger partial charge is 0.252 e. The Morgan fingerprint density at radius 1 is 1.33 bits per heavy atom. The molecule has 1 amide bonds. The van der Waals surface area contributed by atoms with Crippen LogP contribution in [0.4, 0.5) is 0 Å². The number of amides is 1. The van der Waals surface area contributed by atoms with Gasteiger partial charge in [0.15, 0.2) is 0 Å². The van der Waals surface area contributed by atoms with Gasteiger partial charge in [-0.2, -0.15) is 0 Å². The summed E-state index contributed by atoms with van der Waals surface area (Å²) in [6.45, 7) is 8.52. The van der Waals surface area contributed by atoms with Gasteiger partial charge in [0.2, 0.25) is 0 Å². The topological polar surface area (TPSA) is 59.1 Å². The van der Waals surface area contributed by atoms with Crippen molar-refractivity contribution in [3.05, 3.63) is 30.1 Å². The molecule has 0 saturated heterocycles. The van der Waals surface area contributed by atoms with Crippen LogP contribution < -0.4 is 5.32 Å². The number of nitrogens with zero attached hydrogens (tertiary/aromatic N) is 1. The van der Waals surface area contributed by atoms with E-state index >= 15 is 0 Å². The van der Waals surface area contributed by atoms with Crippen molar-refractivity contribution in [2.24, 2.45) is 0 Å². The van der Waals surface area contributed by atoms with Crippen LogP contribution in [-0.4, -0.2) is 23.7 Å². The molecule has 1 aromatic rings. The molecule has 0 aliphatic heterocycles. The van der Waals surface area contributed by atoms with Crippen LogP contribution in [0.15, 0.2) is 24.5 Å². The third kappa shape index (κ3) is 9.51. The Bertz CT molecular complexity index is 300. The Kier molecular flexibility index (Phi) is 15.8. The molecule has 4 nitrogen and oxygen atoms in total. The van der Waals surface area contributed by atoms with Crippen molar-refractivity contribution < 1.29 is 9.59 Å². The largest absolute Gasteiger partial charge is 0.352 e. The third-order valence-corrected chi connectivity index (χ3v) is 1.71. The summed E-state index contributed by atoms with van der Waals surface area (Å²) in [4.78, 5) is 25.2. The van der Waals surface area contributed by atoms with Gasteiger partial charge in [-0.15, -0.1) is 0 Å². The van der Waals surface area contributed by atoms with Gasteiger partial charge >= 0.3 is 0 Å². The van der Waals surface area contributed by atoms with E-state index in [0.29, 0.717) is 24.9 Å². The molecule has 0 atom stereocenters. The highest BCUT2D eigenvalue weighted by Gasteiger charge is 2.02. The summed E-state index contributed by atoms with van der Waals surface area (Å²) >= 11 is 0. The van der Waals surface area contributed by atoms with E-state index in [9.17, 15) is 9.59 Å². The molecule has 0 unspecified atom stereocenters. The van der Waals surface area contributed by atoms with Crippen LogP contribution in [-0.2, 0) is 4.79 Å². The minimum Gasteiger partial charge on any atom is -0.352 e. The Morgan fingerprint density at radius 2 is 2.00 bits per heavy atom. The fourth-order valence-electron chi connectivity index (χ4n) is 0.986. The first-order valence-corrected chi connectivity index (χ1v) is 6.46. The zero-order chi connectivity index (χ0) is 14.2. The lowest BCUT2D eigenvalue weighted by atomic mass is 10.2. The first-order valence-electron chi connectivity index (χ1n) is 6.46. The molecule has 18 heavy (non-hydrogen) atoms. The molecule has 0 radical (unpaired) electrons. The fourth-order valence-corrected chi connectivity index (χ4v) is 0.986. The normalized spacial score (nSPS) is 8.00. The number of hydrogen-bond acceptors (Lipinski definition) is 3. The number of aromatic nitrogens is 1. The monoisotopic (exact) mass is 252 g/mol. The summed E-state index contributed by atoms with van der Waals surface area (Å²) in [6.07, 6.45) is 5.12. The Labute approximate surface area is 110 Å². The molecule has 0 aliphatic carbocycles. The minimum atomic E-state index is -0.149. The molecule has 4 heteroatoms. The van der Waals surface area contributed by atoms with Crippen LogP contribution in [0, 0.1) is 0 Å². The van der Waals surface area contributed by atoms with E-state index < -0.39 is 0 Å². The van der Waals surface area contributed by atoms with E-state index in [2.05, 4.69) is 10.3 Å². The number of hydrogen-bond donors (Lipinski definition) is 1. The molecule has 0 spiro atoms. The van der Waals surface area contributed by atoms with E-state index in [1.807, 2.05) is 27.7 Å². The molecule has 0 aromatic carbocycles. The zero-order valence-electron chi connectivity index (χ0n) is 11.8. The van der Waals surface area contributed by atoms with Gasteiger partial charge in [-0.05, 0) is 18.6 Å². The highest BCUT2D eigenvalue weighted by molar-refractivity contribution is 5.93. The number of nitrogens with one attached hydrogen (secondary N) is 1. The lowest BCUT2D eigenvalue weighted by molar-refractivity contribution is -0.107. The summed E-state index contributed by atoms with van der Waals surface area (Å²) in [5.74, 6) is -0.149. The maximum Gasteiger partial charge on any atom is 0.252 e. The van der Waals surface area contributed by atoms with Gasteiger partial charge in [0.25, 0.3) is 5.91 Å². The number of aldehydes is 1. The number of carbonyl (C=O) groups is 2. The summed E-state index contributed by atoms with van der Waals surface area (Å²) in [7, 11) is 0. The van der Waals surface area contributed by atoms with Crippen LogP contribution in [0.1, 0.15) is 50.9 Å². The molecule has 1 aromatic heterocycles. The van der Waals surface area contributed by atoms with E-state index in [0.717, 1.165) is 6.29 Å². The summed E-state index contributed by atoms with van der Waals surface area (Å²) in [5, 5.41) is 2.70. The Balaban J connectivity index is 0. The quantitative estimate of drug-likeness (QED) is 0.647. The van der Waals surface area contributed by atoms with Crippen LogP contribution in [0.2, 0.25) is 0 Å². The lowest BCUT2D eigenvalue weighted by Crippen LogP contribution is -2.24. The Hall–Kier alpha value is -1.71. The highest BCUT2D eigenvalue weighted by atomic mass is 16.1. The predicted octanol–water partition coefficient (Wildman–Crippen LogP) is 2.84. The standard InChI is InChI=1S/C10H12N2O2.2C2H6/c13-7-2-1-6-12-10(14)9-4-3-5-11-8-9;2*1-2/h3-5,7-8H,1-2,6H2,(H,12,14);2*1-2H3. The highest BCUT2D eigenvalue weighted by Crippen LogP contribution is 1.94. The molecule has 0 fully saturated rings. The van der Waals surface area contributed by atoms with Crippen LogP contribution in [0.3, 0.4) is 0 Å². The third-order valence-electron chi connectivity index (χ3n) is 1.71. The maximum atomic E-state index is 11.4. The van der Waals surface area contributed by atoms with Crippen LogP contribution in [0.25, 0.3) is 0 Å². The van der Waals surface area contributed by atoms with Crippen molar-refractivity contribution in [3.8, 4) is 0 Å². The SMILES string of the molecule is CC.CC.O=CCCCNC(=O)c1cccnc1. The molecule has 1 rings (SSSR count). The van der Waals surface area contributed by atoms with Gasteiger partial charge in [0, 0.05) is 25.4 Å². The molecule has 0 saturated carbocycles. The van der Waals surface area contributed by atoms with Crippen molar-refractivity contribution in [1.29, 1.82) is 0 Å². The zero-order valence-corrected chi connectivity index (χ0v) is 11.8. The van der Waals surface area contributed by atoms with Gasteiger partial charge in [-0.25, -0.2) is 0 Å². The van der Waals surface area contributed by atoms with Crippen LogP contribution in [0.5, 0.6) is 0 Å². The number of unbranched alkanes of at least 4 members (excludes halogenated alkanes) is 1. The van der Waals surface area contributed by atoms with Gasteiger partial charge in [0.1, 0.15) is 6.29 Å². The van der Waals surface area contributed by atoms with Gasteiger partial charge in [-0.1, -0.05) is 27.7 Å². The second-order valence-corrected chi connectivity index (χ2v) is 2.81. The first-order chi connectivity index (χ1) is 8.84. The molecule has 102 valence electrons. The average Bonchev–Trinajstić information content (AvgIpc) is 2.48. The van der Waals surface area contributed by atoms with E-state index in [1.165, 1.54) is 6.20 Å². The second-order valence-electron chi connectivity index (χ2n) is 2.81. The van der Waals surface area contributed by atoms with Crippen molar-refractivity contribution in [3.63, 3.8) is 0 Å². The Morgan fingerprint density at radius 3 is 2.50 bits per heavy atom. The summed E-state index contributed by atoms with van der Waals surface area (Å²) in [6, 6.07) is 3.41. The van der Waals surface area contributed by atoms with Gasteiger partial charge in [0.05, 0.1) is 5.56 Å². The van der Waals surface area contributed by atoms with E-state index in [1.54, 1.807) is 18.3 Å². The van der Waals surface area contributed by atoms with Crippen molar-refractivity contribution in [2.45, 2.75) is 40.5 Å². The maximum absolute atomic E-state index is 11.4. The molecule has 1 heterocycles. The predicted molar refractivity (Wildman–Crippen MR) is 74.6 cm³/mol. The number of carbonyl (C=O) groups excluding carboxylic acids is 2. The first kappa shape index (κ1) is 18.6. The van der Waals surface area contributed by atoms with Crippen LogP contribution >= 0.6 is 0 Å². The van der Waals surface area contributed by atoms with Gasteiger partial charge in [-0.3, -0.25) is 9.78 Å². The van der Waals surface area contributed by atoms with Crippen molar-refractivity contribution >= 4 is 12.2 Å². The number of pyridine rings is 1. The summed E-state index contributed by atoms with van der Waals surface area (Å²) < 4.78 is 0. The number of rotatable bonds is 5. The molecule has 0 aliphatic rings. The molecular weight excluding hydrogens is 228 g/mol. The van der Waals surface area contributed by atoms with E-state index in [4.69, 9.17) is 0 Å². The van der Waals surface area contributed by atoms with Crippen molar-refractivity contribution in [2.75, 3.05) is 6.54 Å². The summed E-state index contributed by atoms with van der Waals surface area (Å²) in [5.41, 5.74) is 0.540. The van der Waals surface area contributed by atoms with Crippen molar-refractivity contribution in [1.82, 2.24) is 10.3 Å². The molecule has 1 N–H and O–H groups in total. The lowest BCUT2D eigenvalue weighted by Gasteiger charge is -2.02. The molecular formula is C14H24N2O2.